The summed E-state index contributed by atoms with van der Waals surface area (Å²) >= 11 is 6.12. The minimum atomic E-state index is -3.51. The van der Waals surface area contributed by atoms with E-state index in [-0.39, 0.29) is 0 Å². The fourth-order valence-corrected chi connectivity index (χ4v) is 5.33. The minimum Gasteiger partial charge on any atom is -0.369 e. The highest BCUT2D eigenvalue weighted by atomic mass is 35.5. The van der Waals surface area contributed by atoms with Crippen LogP contribution in [0.5, 0.6) is 0 Å². The van der Waals surface area contributed by atoms with Gasteiger partial charge in [-0.3, -0.25) is 0 Å². The molecule has 3 rings (SSSR count). The first-order valence-electron chi connectivity index (χ1n) is 8.79. The zero-order valence-corrected chi connectivity index (χ0v) is 17.3. The molecule has 2 aromatic rings. The molecule has 4 nitrogen and oxygen atoms in total. The van der Waals surface area contributed by atoms with Crippen LogP contribution in [0.15, 0.2) is 35.2 Å². The van der Waals surface area contributed by atoms with Crippen LogP contribution in [0.25, 0.3) is 0 Å². The Balaban J connectivity index is 1.81. The summed E-state index contributed by atoms with van der Waals surface area (Å²) in [5.74, 6) is 0. The largest absolute Gasteiger partial charge is 0.369 e. The molecule has 0 spiro atoms. The Morgan fingerprint density at radius 2 is 1.50 bits per heavy atom. The number of hydrogen-bond acceptors (Lipinski definition) is 3. The Morgan fingerprint density at radius 3 is 2.15 bits per heavy atom. The van der Waals surface area contributed by atoms with Crippen molar-refractivity contribution in [1.29, 1.82) is 0 Å². The molecule has 0 N–H and O–H groups in total. The molecule has 1 aliphatic heterocycles. The van der Waals surface area contributed by atoms with E-state index in [0.29, 0.717) is 41.7 Å². The third kappa shape index (κ3) is 3.61. The number of hydrogen-bond donors (Lipinski definition) is 0. The molecule has 0 saturated carbocycles. The monoisotopic (exact) mass is 392 g/mol. The third-order valence-corrected chi connectivity index (χ3v) is 7.47. The molecule has 0 unspecified atom stereocenters. The number of piperazine rings is 1. The van der Waals surface area contributed by atoms with Crippen molar-refractivity contribution in [2.24, 2.45) is 0 Å². The molecule has 2 aromatic carbocycles. The Bertz CT molecular complexity index is 933. The van der Waals surface area contributed by atoms with Gasteiger partial charge in [0, 0.05) is 36.9 Å². The van der Waals surface area contributed by atoms with Crippen molar-refractivity contribution in [2.75, 3.05) is 31.1 Å². The van der Waals surface area contributed by atoms with Crippen LogP contribution in [-0.4, -0.2) is 38.9 Å². The lowest BCUT2D eigenvalue weighted by atomic mass is 10.1. The quantitative estimate of drug-likeness (QED) is 0.790. The molecule has 140 valence electrons. The molecule has 26 heavy (non-hydrogen) atoms. The van der Waals surface area contributed by atoms with Crippen molar-refractivity contribution in [1.82, 2.24) is 4.31 Å². The van der Waals surface area contributed by atoms with Gasteiger partial charge >= 0.3 is 0 Å². The van der Waals surface area contributed by atoms with Crippen molar-refractivity contribution in [3.8, 4) is 0 Å². The van der Waals surface area contributed by atoms with Gasteiger partial charge < -0.3 is 4.90 Å². The highest BCUT2D eigenvalue weighted by Crippen LogP contribution is 2.28. The number of anilines is 1. The van der Waals surface area contributed by atoms with Gasteiger partial charge in [-0.05, 0) is 68.1 Å². The smallest absolute Gasteiger partial charge is 0.243 e. The van der Waals surface area contributed by atoms with Gasteiger partial charge in [-0.15, -0.1) is 0 Å². The van der Waals surface area contributed by atoms with Crippen LogP contribution in [0.2, 0.25) is 5.02 Å². The molecule has 1 heterocycles. The molecule has 1 fully saturated rings. The molecule has 0 atom stereocenters. The van der Waals surface area contributed by atoms with E-state index in [4.69, 9.17) is 11.6 Å². The Kier molecular flexibility index (Phi) is 5.33. The molecular weight excluding hydrogens is 368 g/mol. The highest BCUT2D eigenvalue weighted by molar-refractivity contribution is 7.89. The lowest BCUT2D eigenvalue weighted by Gasteiger charge is -2.36. The maximum Gasteiger partial charge on any atom is 0.243 e. The van der Waals surface area contributed by atoms with Crippen molar-refractivity contribution in [2.45, 2.75) is 32.6 Å². The van der Waals surface area contributed by atoms with Crippen LogP contribution < -0.4 is 4.90 Å². The van der Waals surface area contributed by atoms with Gasteiger partial charge in [0.05, 0.1) is 4.90 Å². The summed E-state index contributed by atoms with van der Waals surface area (Å²) in [6.45, 7) is 10.1. The normalized spacial score (nSPS) is 16.1. The average Bonchev–Trinajstić information content (AvgIpc) is 2.60. The Labute approximate surface area is 161 Å². The summed E-state index contributed by atoms with van der Waals surface area (Å²) in [7, 11) is -3.51. The number of halogens is 1. The Hall–Kier alpha value is -1.56. The lowest BCUT2D eigenvalue weighted by Crippen LogP contribution is -2.49. The second-order valence-electron chi connectivity index (χ2n) is 7.05. The summed E-state index contributed by atoms with van der Waals surface area (Å²) in [4.78, 5) is 2.63. The summed E-state index contributed by atoms with van der Waals surface area (Å²) in [5.41, 5.74) is 5.10. The predicted octanol–water partition coefficient (Wildman–Crippen LogP) is 4.08. The highest BCUT2D eigenvalue weighted by Gasteiger charge is 2.30. The van der Waals surface area contributed by atoms with E-state index in [1.807, 2.05) is 6.92 Å². The fourth-order valence-electron chi connectivity index (χ4n) is 3.40. The van der Waals surface area contributed by atoms with Crippen molar-refractivity contribution >= 4 is 27.3 Å². The number of sulfonamides is 1. The van der Waals surface area contributed by atoms with Crippen LogP contribution in [0, 0.1) is 27.7 Å². The molecule has 6 heteroatoms. The number of aryl methyl sites for hydroxylation is 4. The SMILES string of the molecule is Cc1ccc(C)c(N2CCN(S(=O)(=O)c3cc(C)c(Cl)cc3C)CC2)c1. The fraction of sp³-hybridized carbons (Fsp3) is 0.400. The standard InChI is InChI=1S/C20H25ClN2O2S/c1-14-5-6-15(2)19(11-14)22-7-9-23(10-8-22)26(24,25)20-13-16(3)18(21)12-17(20)4/h5-6,11-13H,7-10H2,1-4H3. The molecule has 1 aliphatic rings. The van der Waals surface area contributed by atoms with Crippen LogP contribution in [0.4, 0.5) is 5.69 Å². The minimum absolute atomic E-state index is 0.361. The van der Waals surface area contributed by atoms with Gasteiger partial charge in [-0.2, -0.15) is 4.31 Å². The van der Waals surface area contributed by atoms with E-state index in [9.17, 15) is 8.42 Å². The van der Waals surface area contributed by atoms with Crippen molar-refractivity contribution in [3.63, 3.8) is 0 Å². The van der Waals surface area contributed by atoms with Gasteiger partial charge in [-0.1, -0.05) is 23.7 Å². The average molecular weight is 393 g/mol. The van der Waals surface area contributed by atoms with Crippen molar-refractivity contribution in [3.05, 3.63) is 57.6 Å². The Morgan fingerprint density at radius 1 is 0.846 bits per heavy atom. The predicted molar refractivity (Wildman–Crippen MR) is 108 cm³/mol. The molecule has 0 aromatic heterocycles. The van der Waals surface area contributed by atoms with E-state index < -0.39 is 10.0 Å². The van der Waals surface area contributed by atoms with Crippen molar-refractivity contribution < 1.29 is 8.42 Å². The van der Waals surface area contributed by atoms with Gasteiger partial charge in [0.2, 0.25) is 10.0 Å². The first-order chi connectivity index (χ1) is 12.2. The van der Waals surface area contributed by atoms with Gasteiger partial charge in [0.15, 0.2) is 0 Å². The van der Waals surface area contributed by atoms with E-state index in [1.165, 1.54) is 16.8 Å². The van der Waals surface area contributed by atoms with E-state index in [0.717, 1.165) is 5.56 Å². The molecule has 0 bridgehead atoms. The summed E-state index contributed by atoms with van der Waals surface area (Å²) < 4.78 is 27.8. The van der Waals surface area contributed by atoms with Crippen LogP contribution >= 0.6 is 11.6 Å². The van der Waals surface area contributed by atoms with Gasteiger partial charge in [0.25, 0.3) is 0 Å². The maximum atomic E-state index is 13.1. The molecule has 0 amide bonds. The van der Waals surface area contributed by atoms with E-state index >= 15 is 0 Å². The molecule has 0 aliphatic carbocycles. The summed E-state index contributed by atoms with van der Waals surface area (Å²) in [6.07, 6.45) is 0. The van der Waals surface area contributed by atoms with Crippen LogP contribution in [-0.2, 0) is 10.0 Å². The second kappa shape index (κ2) is 7.22. The first-order valence-corrected chi connectivity index (χ1v) is 10.6. The molecule has 0 radical (unpaired) electrons. The molecule has 1 saturated heterocycles. The van der Waals surface area contributed by atoms with E-state index in [1.54, 1.807) is 23.4 Å². The number of rotatable bonds is 3. The number of benzene rings is 2. The zero-order chi connectivity index (χ0) is 19.1. The van der Waals surface area contributed by atoms with E-state index in [2.05, 4.69) is 36.9 Å². The maximum absolute atomic E-state index is 13.1. The third-order valence-electron chi connectivity index (χ3n) is 5.02. The zero-order valence-electron chi connectivity index (χ0n) is 15.7. The number of nitrogens with zero attached hydrogens (tertiary/aromatic N) is 2. The summed E-state index contributed by atoms with van der Waals surface area (Å²) in [5, 5.41) is 0.598. The lowest BCUT2D eigenvalue weighted by molar-refractivity contribution is 0.384. The summed E-state index contributed by atoms with van der Waals surface area (Å²) in [6, 6.07) is 9.81. The topological polar surface area (TPSA) is 40.6 Å². The van der Waals surface area contributed by atoms with Gasteiger partial charge in [0.1, 0.15) is 0 Å². The second-order valence-corrected chi connectivity index (χ2v) is 9.36. The van der Waals surface area contributed by atoms with Gasteiger partial charge in [-0.25, -0.2) is 8.42 Å². The first kappa shape index (κ1) is 19.2. The van der Waals surface area contributed by atoms with Crippen LogP contribution in [0.1, 0.15) is 22.3 Å². The van der Waals surface area contributed by atoms with Crippen LogP contribution in [0.3, 0.4) is 0 Å². The molecular formula is C20H25ClN2O2S.